The van der Waals surface area contributed by atoms with Crippen molar-refractivity contribution in [2.45, 2.75) is 20.8 Å². The Morgan fingerprint density at radius 2 is 1.87 bits per heavy atom. The molecule has 0 aromatic rings. The first-order valence-electron chi connectivity index (χ1n) is 4.64. The summed E-state index contributed by atoms with van der Waals surface area (Å²) >= 11 is 0. The molecule has 0 radical (unpaired) electrons. The number of hydrogen-bond donors (Lipinski definition) is 2. The molecule has 0 bridgehead atoms. The maximum Gasteiger partial charge on any atom is 0.332 e. The van der Waals surface area contributed by atoms with Gasteiger partial charge in [-0.2, -0.15) is 0 Å². The van der Waals surface area contributed by atoms with Crippen LogP contribution in [0.25, 0.3) is 0 Å². The first-order chi connectivity index (χ1) is 6.77. The van der Waals surface area contributed by atoms with Gasteiger partial charge in [-0.1, -0.05) is 31.6 Å². The summed E-state index contributed by atoms with van der Waals surface area (Å²) in [6.45, 7) is 5.39. The quantitative estimate of drug-likeness (QED) is 0.680. The van der Waals surface area contributed by atoms with E-state index in [0.717, 1.165) is 0 Å². The molecule has 82 valence electrons. The average Bonchev–Trinajstić information content (AvgIpc) is 2.08. The minimum atomic E-state index is -1.16. The molecular formula is C11H14O4. The zero-order chi connectivity index (χ0) is 11.8. The fraction of sp³-hybridized carbons (Fsp3) is 0.455. The van der Waals surface area contributed by atoms with Crippen molar-refractivity contribution in [1.29, 1.82) is 0 Å². The van der Waals surface area contributed by atoms with Gasteiger partial charge in [0.1, 0.15) is 5.92 Å². The topological polar surface area (TPSA) is 74.6 Å². The Morgan fingerprint density at radius 3 is 2.27 bits per heavy atom. The first kappa shape index (κ1) is 11.5. The second kappa shape index (κ2) is 3.53. The number of hydrogen-bond acceptors (Lipinski definition) is 2. The van der Waals surface area contributed by atoms with Crippen LogP contribution >= 0.6 is 0 Å². The molecule has 1 aliphatic rings. The second-order valence-corrected chi connectivity index (χ2v) is 4.24. The number of allylic oxidation sites excluding steroid dienone is 2. The van der Waals surface area contributed by atoms with Crippen LogP contribution in [0.15, 0.2) is 23.3 Å². The molecular weight excluding hydrogens is 196 g/mol. The molecule has 0 saturated carbocycles. The van der Waals surface area contributed by atoms with Gasteiger partial charge < -0.3 is 10.2 Å². The molecule has 0 aliphatic heterocycles. The largest absolute Gasteiger partial charge is 0.481 e. The van der Waals surface area contributed by atoms with Crippen molar-refractivity contribution in [2.75, 3.05) is 0 Å². The standard InChI is InChI=1S/C11H14O4/c1-6-8(10(14)15)7(9(12)13)4-5-11(6,2)3/h4-5,7H,1-3H3,(H,12,13)(H,14,15). The van der Waals surface area contributed by atoms with Crippen LogP contribution in [0.4, 0.5) is 0 Å². The molecule has 0 heterocycles. The highest BCUT2D eigenvalue weighted by Gasteiger charge is 2.35. The maximum atomic E-state index is 11.0. The van der Waals surface area contributed by atoms with Crippen LogP contribution < -0.4 is 0 Å². The normalized spacial score (nSPS) is 24.1. The molecule has 15 heavy (non-hydrogen) atoms. The van der Waals surface area contributed by atoms with Crippen LogP contribution in [0.2, 0.25) is 0 Å². The van der Waals surface area contributed by atoms with E-state index in [0.29, 0.717) is 5.57 Å². The highest BCUT2D eigenvalue weighted by atomic mass is 16.4. The Hall–Kier alpha value is -1.58. The number of aliphatic carboxylic acids is 2. The van der Waals surface area contributed by atoms with Gasteiger partial charge in [0.25, 0.3) is 0 Å². The second-order valence-electron chi connectivity index (χ2n) is 4.24. The minimum Gasteiger partial charge on any atom is -0.481 e. The van der Waals surface area contributed by atoms with E-state index in [-0.39, 0.29) is 11.0 Å². The van der Waals surface area contributed by atoms with Crippen molar-refractivity contribution in [3.63, 3.8) is 0 Å². The third-order valence-electron chi connectivity index (χ3n) is 2.88. The molecule has 0 saturated heterocycles. The highest BCUT2D eigenvalue weighted by Crippen LogP contribution is 2.37. The summed E-state index contributed by atoms with van der Waals surface area (Å²) in [5.41, 5.74) is 0.194. The van der Waals surface area contributed by atoms with Crippen LogP contribution in [0.1, 0.15) is 20.8 Å². The van der Waals surface area contributed by atoms with E-state index < -0.39 is 17.9 Å². The van der Waals surface area contributed by atoms with Crippen molar-refractivity contribution in [2.24, 2.45) is 11.3 Å². The average molecular weight is 210 g/mol. The monoisotopic (exact) mass is 210 g/mol. The summed E-state index contributed by atoms with van der Waals surface area (Å²) in [6, 6.07) is 0. The molecule has 1 rings (SSSR count). The van der Waals surface area contributed by atoms with Crippen molar-refractivity contribution >= 4 is 11.9 Å². The Kier molecular flexibility index (Phi) is 2.71. The summed E-state index contributed by atoms with van der Waals surface area (Å²) in [5, 5.41) is 17.9. The molecule has 0 amide bonds. The van der Waals surface area contributed by atoms with E-state index in [2.05, 4.69) is 0 Å². The van der Waals surface area contributed by atoms with Crippen LogP contribution in [0, 0.1) is 11.3 Å². The van der Waals surface area contributed by atoms with Crippen LogP contribution in [-0.2, 0) is 9.59 Å². The Morgan fingerprint density at radius 1 is 1.33 bits per heavy atom. The van der Waals surface area contributed by atoms with Crippen molar-refractivity contribution in [3.05, 3.63) is 23.3 Å². The predicted octanol–water partition coefficient (Wildman–Crippen LogP) is 1.68. The fourth-order valence-electron chi connectivity index (χ4n) is 1.64. The van der Waals surface area contributed by atoms with Crippen LogP contribution in [0.5, 0.6) is 0 Å². The summed E-state index contributed by atoms with van der Waals surface area (Å²) in [6.07, 6.45) is 3.19. The van der Waals surface area contributed by atoms with Gasteiger partial charge >= 0.3 is 11.9 Å². The molecule has 2 N–H and O–H groups in total. The molecule has 0 aromatic heterocycles. The van der Waals surface area contributed by atoms with E-state index in [4.69, 9.17) is 10.2 Å². The molecule has 1 aliphatic carbocycles. The van der Waals surface area contributed by atoms with E-state index in [9.17, 15) is 9.59 Å². The minimum absolute atomic E-state index is 0.0185. The molecule has 0 fully saturated rings. The van der Waals surface area contributed by atoms with Gasteiger partial charge in [-0.3, -0.25) is 4.79 Å². The van der Waals surface area contributed by atoms with E-state index >= 15 is 0 Å². The fourth-order valence-corrected chi connectivity index (χ4v) is 1.64. The van der Waals surface area contributed by atoms with Crippen molar-refractivity contribution in [1.82, 2.24) is 0 Å². The lowest BCUT2D eigenvalue weighted by Crippen LogP contribution is -2.28. The summed E-state index contributed by atoms with van der Waals surface area (Å²) in [4.78, 5) is 21.9. The molecule has 4 heteroatoms. The Bertz CT molecular complexity index is 374. The van der Waals surface area contributed by atoms with Gasteiger partial charge in [-0.05, 0) is 6.92 Å². The summed E-state index contributed by atoms with van der Waals surface area (Å²) in [5.74, 6) is -3.31. The number of carbonyl (C=O) groups is 2. The lowest BCUT2D eigenvalue weighted by Gasteiger charge is -2.29. The summed E-state index contributed by atoms with van der Waals surface area (Å²) in [7, 11) is 0. The molecule has 0 spiro atoms. The maximum absolute atomic E-state index is 11.0. The summed E-state index contributed by atoms with van der Waals surface area (Å²) < 4.78 is 0. The van der Waals surface area contributed by atoms with E-state index in [1.54, 1.807) is 13.0 Å². The van der Waals surface area contributed by atoms with Crippen molar-refractivity contribution < 1.29 is 19.8 Å². The smallest absolute Gasteiger partial charge is 0.332 e. The van der Waals surface area contributed by atoms with Gasteiger partial charge in [0.15, 0.2) is 0 Å². The van der Waals surface area contributed by atoms with Gasteiger partial charge in [-0.25, -0.2) is 4.79 Å². The number of rotatable bonds is 2. The lowest BCUT2D eigenvalue weighted by atomic mass is 9.74. The van der Waals surface area contributed by atoms with Crippen molar-refractivity contribution in [3.8, 4) is 0 Å². The third-order valence-corrected chi connectivity index (χ3v) is 2.88. The van der Waals surface area contributed by atoms with Gasteiger partial charge in [-0.15, -0.1) is 0 Å². The van der Waals surface area contributed by atoms with Crippen LogP contribution in [0.3, 0.4) is 0 Å². The Labute approximate surface area is 87.9 Å². The zero-order valence-corrected chi connectivity index (χ0v) is 8.94. The van der Waals surface area contributed by atoms with Gasteiger partial charge in [0.2, 0.25) is 0 Å². The molecule has 1 atom stereocenters. The molecule has 1 unspecified atom stereocenters. The predicted molar refractivity (Wildman–Crippen MR) is 54.4 cm³/mol. The van der Waals surface area contributed by atoms with Crippen LogP contribution in [-0.4, -0.2) is 22.2 Å². The molecule has 0 aromatic carbocycles. The number of carboxylic acid groups (broad SMARTS) is 2. The van der Waals surface area contributed by atoms with E-state index in [1.807, 2.05) is 13.8 Å². The zero-order valence-electron chi connectivity index (χ0n) is 8.94. The Balaban J connectivity index is 3.30. The first-order valence-corrected chi connectivity index (χ1v) is 4.64. The lowest BCUT2D eigenvalue weighted by molar-refractivity contribution is -0.142. The van der Waals surface area contributed by atoms with Gasteiger partial charge in [0.05, 0.1) is 5.57 Å². The highest BCUT2D eigenvalue weighted by molar-refractivity contribution is 5.96. The third kappa shape index (κ3) is 1.93. The molecule has 4 nitrogen and oxygen atoms in total. The number of carboxylic acids is 2. The SMILES string of the molecule is CC1=C(C(=O)O)C(C(=O)O)C=CC1(C)C. The van der Waals surface area contributed by atoms with Gasteiger partial charge in [0, 0.05) is 5.41 Å². The van der Waals surface area contributed by atoms with E-state index in [1.165, 1.54) is 6.08 Å².